The SMILES string of the molecule is CCNCc1cccnc1N(C)CCCOC. The van der Waals surface area contributed by atoms with Gasteiger partial charge in [0.1, 0.15) is 5.82 Å². The van der Waals surface area contributed by atoms with Gasteiger partial charge in [0.05, 0.1) is 0 Å². The first kappa shape index (κ1) is 13.9. The van der Waals surface area contributed by atoms with Crippen LogP contribution in [0.1, 0.15) is 18.9 Å². The molecule has 0 saturated heterocycles. The molecule has 4 nitrogen and oxygen atoms in total. The molecule has 1 heterocycles. The lowest BCUT2D eigenvalue weighted by atomic mass is 10.2. The number of rotatable bonds is 8. The van der Waals surface area contributed by atoms with Crippen molar-refractivity contribution in [2.24, 2.45) is 0 Å². The molecule has 96 valence electrons. The minimum Gasteiger partial charge on any atom is -0.385 e. The molecule has 17 heavy (non-hydrogen) atoms. The van der Waals surface area contributed by atoms with Crippen LogP contribution >= 0.6 is 0 Å². The van der Waals surface area contributed by atoms with Crippen LogP contribution in [0.2, 0.25) is 0 Å². The molecule has 0 aliphatic carbocycles. The van der Waals surface area contributed by atoms with E-state index in [1.807, 2.05) is 12.3 Å². The molecule has 0 spiro atoms. The van der Waals surface area contributed by atoms with Crippen LogP contribution in [0.5, 0.6) is 0 Å². The van der Waals surface area contributed by atoms with Gasteiger partial charge in [-0.05, 0) is 19.0 Å². The van der Waals surface area contributed by atoms with E-state index >= 15 is 0 Å². The second kappa shape index (κ2) is 8.03. The van der Waals surface area contributed by atoms with Gasteiger partial charge in [0.15, 0.2) is 0 Å². The summed E-state index contributed by atoms with van der Waals surface area (Å²) in [5.74, 6) is 1.06. The van der Waals surface area contributed by atoms with Crippen LogP contribution in [0.3, 0.4) is 0 Å². The van der Waals surface area contributed by atoms with Gasteiger partial charge in [0.25, 0.3) is 0 Å². The van der Waals surface area contributed by atoms with Crippen LogP contribution in [0.4, 0.5) is 5.82 Å². The molecule has 0 amide bonds. The second-order valence-corrected chi connectivity index (χ2v) is 4.03. The summed E-state index contributed by atoms with van der Waals surface area (Å²) in [6, 6.07) is 4.11. The summed E-state index contributed by atoms with van der Waals surface area (Å²) in [7, 11) is 3.81. The van der Waals surface area contributed by atoms with Gasteiger partial charge in [-0.2, -0.15) is 0 Å². The van der Waals surface area contributed by atoms with Gasteiger partial charge in [0.2, 0.25) is 0 Å². The summed E-state index contributed by atoms with van der Waals surface area (Å²) >= 11 is 0. The Morgan fingerprint density at radius 2 is 2.29 bits per heavy atom. The van der Waals surface area contributed by atoms with E-state index in [-0.39, 0.29) is 0 Å². The van der Waals surface area contributed by atoms with E-state index in [2.05, 4.69) is 35.2 Å². The van der Waals surface area contributed by atoms with Crippen LogP contribution in [0.15, 0.2) is 18.3 Å². The van der Waals surface area contributed by atoms with E-state index in [1.54, 1.807) is 7.11 Å². The lowest BCUT2D eigenvalue weighted by Crippen LogP contribution is -2.24. The lowest BCUT2D eigenvalue weighted by Gasteiger charge is -2.21. The first-order chi connectivity index (χ1) is 8.29. The Balaban J connectivity index is 2.60. The monoisotopic (exact) mass is 237 g/mol. The number of hydrogen-bond acceptors (Lipinski definition) is 4. The van der Waals surface area contributed by atoms with Crippen molar-refractivity contribution in [1.29, 1.82) is 0 Å². The van der Waals surface area contributed by atoms with Crippen LogP contribution in [-0.4, -0.2) is 38.8 Å². The largest absolute Gasteiger partial charge is 0.385 e. The normalized spacial score (nSPS) is 10.5. The molecule has 0 radical (unpaired) electrons. The molecule has 0 aromatic carbocycles. The molecule has 1 aromatic rings. The zero-order valence-corrected chi connectivity index (χ0v) is 11.1. The Labute approximate surface area is 104 Å². The lowest BCUT2D eigenvalue weighted by molar-refractivity contribution is 0.196. The third-order valence-electron chi connectivity index (χ3n) is 2.64. The summed E-state index contributed by atoms with van der Waals surface area (Å²) in [6.45, 7) is 5.71. The number of anilines is 1. The molecule has 0 atom stereocenters. The zero-order valence-electron chi connectivity index (χ0n) is 11.1. The maximum Gasteiger partial charge on any atom is 0.132 e. The van der Waals surface area contributed by atoms with Crippen molar-refractivity contribution in [3.05, 3.63) is 23.9 Å². The third-order valence-corrected chi connectivity index (χ3v) is 2.64. The summed E-state index contributed by atoms with van der Waals surface area (Å²) in [6.07, 6.45) is 2.86. The Morgan fingerprint density at radius 3 is 3.00 bits per heavy atom. The van der Waals surface area contributed by atoms with Crippen molar-refractivity contribution < 1.29 is 4.74 Å². The smallest absolute Gasteiger partial charge is 0.132 e. The number of hydrogen-bond donors (Lipinski definition) is 1. The Kier molecular flexibility index (Phi) is 6.58. The van der Waals surface area contributed by atoms with Gasteiger partial charge in [-0.3, -0.25) is 0 Å². The van der Waals surface area contributed by atoms with Crippen molar-refractivity contribution in [3.8, 4) is 0 Å². The molecule has 0 unspecified atom stereocenters. The van der Waals surface area contributed by atoms with Crippen LogP contribution < -0.4 is 10.2 Å². The second-order valence-electron chi connectivity index (χ2n) is 4.03. The predicted molar refractivity (Wildman–Crippen MR) is 71.4 cm³/mol. The molecule has 0 saturated carbocycles. The molecular formula is C13H23N3O. The van der Waals surface area contributed by atoms with Gasteiger partial charge in [-0.1, -0.05) is 13.0 Å². The number of aromatic nitrogens is 1. The molecule has 0 fully saturated rings. The topological polar surface area (TPSA) is 37.4 Å². The average molecular weight is 237 g/mol. The van der Waals surface area contributed by atoms with E-state index in [1.165, 1.54) is 5.56 Å². The quantitative estimate of drug-likeness (QED) is 0.698. The third kappa shape index (κ3) is 4.71. The first-order valence-electron chi connectivity index (χ1n) is 6.14. The van der Waals surface area contributed by atoms with Crippen molar-refractivity contribution in [3.63, 3.8) is 0 Å². The van der Waals surface area contributed by atoms with Gasteiger partial charge in [0, 0.05) is 45.6 Å². The number of ether oxygens (including phenoxy) is 1. The zero-order chi connectivity index (χ0) is 12.5. The van der Waals surface area contributed by atoms with E-state index in [4.69, 9.17) is 4.74 Å². The van der Waals surface area contributed by atoms with Crippen LogP contribution in [0, 0.1) is 0 Å². The van der Waals surface area contributed by atoms with Crippen molar-refractivity contribution in [1.82, 2.24) is 10.3 Å². The molecule has 0 aliphatic heterocycles. The predicted octanol–water partition coefficient (Wildman–Crippen LogP) is 1.66. The van der Waals surface area contributed by atoms with E-state index in [0.717, 1.165) is 38.5 Å². The molecule has 1 N–H and O–H groups in total. The highest BCUT2D eigenvalue weighted by Gasteiger charge is 2.07. The molecule has 4 heteroatoms. The van der Waals surface area contributed by atoms with E-state index < -0.39 is 0 Å². The van der Waals surface area contributed by atoms with Crippen LogP contribution in [-0.2, 0) is 11.3 Å². The minimum atomic E-state index is 0.791. The van der Waals surface area contributed by atoms with Crippen LogP contribution in [0.25, 0.3) is 0 Å². The highest BCUT2D eigenvalue weighted by atomic mass is 16.5. The summed E-state index contributed by atoms with van der Waals surface area (Å²) in [4.78, 5) is 6.64. The van der Waals surface area contributed by atoms with E-state index in [9.17, 15) is 0 Å². The van der Waals surface area contributed by atoms with Gasteiger partial charge >= 0.3 is 0 Å². The molecule has 0 bridgehead atoms. The number of pyridine rings is 1. The maximum atomic E-state index is 5.06. The maximum absolute atomic E-state index is 5.06. The minimum absolute atomic E-state index is 0.791. The fraction of sp³-hybridized carbons (Fsp3) is 0.615. The number of nitrogens with one attached hydrogen (secondary N) is 1. The molecule has 1 aromatic heterocycles. The van der Waals surface area contributed by atoms with Crippen molar-refractivity contribution >= 4 is 5.82 Å². The van der Waals surface area contributed by atoms with Gasteiger partial charge in [-0.15, -0.1) is 0 Å². The molecule has 0 aliphatic rings. The fourth-order valence-corrected chi connectivity index (χ4v) is 1.72. The fourth-order valence-electron chi connectivity index (χ4n) is 1.72. The number of nitrogens with zero attached hydrogens (tertiary/aromatic N) is 2. The molecular weight excluding hydrogens is 214 g/mol. The summed E-state index contributed by atoms with van der Waals surface area (Å²) < 4.78 is 5.06. The summed E-state index contributed by atoms with van der Waals surface area (Å²) in [5.41, 5.74) is 1.24. The van der Waals surface area contributed by atoms with Gasteiger partial charge in [-0.25, -0.2) is 4.98 Å². The average Bonchev–Trinajstić information content (AvgIpc) is 2.37. The Morgan fingerprint density at radius 1 is 1.47 bits per heavy atom. The summed E-state index contributed by atoms with van der Waals surface area (Å²) in [5, 5.41) is 3.34. The van der Waals surface area contributed by atoms with Crippen molar-refractivity contribution in [2.75, 3.05) is 38.8 Å². The Hall–Kier alpha value is -1.13. The molecule has 1 rings (SSSR count). The first-order valence-corrected chi connectivity index (χ1v) is 6.14. The Bertz CT molecular complexity index is 317. The number of methoxy groups -OCH3 is 1. The highest BCUT2D eigenvalue weighted by molar-refractivity contribution is 5.45. The highest BCUT2D eigenvalue weighted by Crippen LogP contribution is 2.15. The van der Waals surface area contributed by atoms with Crippen molar-refractivity contribution in [2.45, 2.75) is 19.9 Å². The standard InChI is InChI=1S/C13H23N3O/c1-4-14-11-12-7-5-8-15-13(12)16(2)9-6-10-17-3/h5,7-8,14H,4,6,9-11H2,1-3H3. The van der Waals surface area contributed by atoms with Gasteiger partial charge < -0.3 is 15.0 Å². The van der Waals surface area contributed by atoms with E-state index in [0.29, 0.717) is 0 Å².